The fourth-order valence-corrected chi connectivity index (χ4v) is 1.17. The number of carbonyl (C=O) groups excluding carboxylic acids is 1. The maximum absolute atomic E-state index is 10.8. The second-order valence-corrected chi connectivity index (χ2v) is 2.69. The summed E-state index contributed by atoms with van der Waals surface area (Å²) in [5, 5.41) is 2.91. The van der Waals surface area contributed by atoms with Crippen molar-refractivity contribution in [3.05, 3.63) is 28.2 Å². The molecule has 0 spiro atoms. The Bertz CT molecular complexity index is 241. The predicted octanol–water partition coefficient (Wildman–Crippen LogP) is 1.60. The standard InChI is InChI=1S/C8H9NO2/c1-5-3-7(10)4-6(2)8(5)9-11/h3-4,8H,1-2H3. The predicted molar refractivity (Wildman–Crippen MR) is 42.1 cm³/mol. The first-order chi connectivity index (χ1) is 5.15. The second-order valence-electron chi connectivity index (χ2n) is 2.69. The molecular weight excluding hydrogens is 142 g/mol. The number of nitroso groups, excluding NO2 is 1. The fraction of sp³-hybridized carbons (Fsp3) is 0.375. The van der Waals surface area contributed by atoms with Crippen molar-refractivity contribution in [1.29, 1.82) is 0 Å². The molecule has 1 rings (SSSR count). The van der Waals surface area contributed by atoms with Crippen LogP contribution in [-0.2, 0) is 4.79 Å². The zero-order chi connectivity index (χ0) is 8.43. The fourth-order valence-electron chi connectivity index (χ4n) is 1.17. The third-order valence-corrected chi connectivity index (χ3v) is 1.71. The van der Waals surface area contributed by atoms with Gasteiger partial charge in [-0.3, -0.25) is 4.79 Å². The van der Waals surface area contributed by atoms with Crippen LogP contribution in [0.25, 0.3) is 0 Å². The molecule has 0 heterocycles. The smallest absolute Gasteiger partial charge is 0.178 e. The van der Waals surface area contributed by atoms with E-state index in [0.29, 0.717) is 0 Å². The molecule has 0 saturated heterocycles. The number of carbonyl (C=O) groups is 1. The average Bonchev–Trinajstić information content (AvgIpc) is 1.85. The van der Waals surface area contributed by atoms with Crippen molar-refractivity contribution in [3.63, 3.8) is 0 Å². The van der Waals surface area contributed by atoms with Gasteiger partial charge in [0.15, 0.2) is 5.78 Å². The molecule has 0 aromatic carbocycles. The topological polar surface area (TPSA) is 46.5 Å². The molecule has 0 radical (unpaired) electrons. The van der Waals surface area contributed by atoms with Crippen LogP contribution in [0.4, 0.5) is 0 Å². The highest BCUT2D eigenvalue weighted by Gasteiger charge is 2.18. The third kappa shape index (κ3) is 1.42. The van der Waals surface area contributed by atoms with Crippen LogP contribution in [0.15, 0.2) is 28.5 Å². The van der Waals surface area contributed by atoms with Gasteiger partial charge in [-0.15, -0.1) is 4.91 Å². The lowest BCUT2D eigenvalue weighted by atomic mass is 9.95. The first-order valence-electron chi connectivity index (χ1n) is 3.38. The Morgan fingerprint density at radius 1 is 1.27 bits per heavy atom. The lowest BCUT2D eigenvalue weighted by Gasteiger charge is -2.13. The third-order valence-electron chi connectivity index (χ3n) is 1.71. The van der Waals surface area contributed by atoms with E-state index < -0.39 is 6.04 Å². The zero-order valence-electron chi connectivity index (χ0n) is 6.50. The molecule has 3 nitrogen and oxygen atoms in total. The van der Waals surface area contributed by atoms with Crippen LogP contribution >= 0.6 is 0 Å². The van der Waals surface area contributed by atoms with Crippen molar-refractivity contribution in [1.82, 2.24) is 0 Å². The Hall–Kier alpha value is -1.25. The molecule has 0 aliphatic heterocycles. The average molecular weight is 151 g/mol. The molecule has 0 saturated carbocycles. The molecule has 0 aromatic heterocycles. The zero-order valence-corrected chi connectivity index (χ0v) is 6.50. The number of allylic oxidation sites excluding steroid dienone is 2. The molecule has 0 atom stereocenters. The van der Waals surface area contributed by atoms with Crippen molar-refractivity contribution in [2.75, 3.05) is 0 Å². The van der Waals surface area contributed by atoms with E-state index in [-0.39, 0.29) is 5.78 Å². The minimum Gasteiger partial charge on any atom is -0.290 e. The van der Waals surface area contributed by atoms with E-state index in [0.717, 1.165) is 11.1 Å². The summed E-state index contributed by atoms with van der Waals surface area (Å²) in [6.45, 7) is 3.47. The Labute approximate surface area is 64.8 Å². The van der Waals surface area contributed by atoms with E-state index in [1.807, 2.05) is 0 Å². The van der Waals surface area contributed by atoms with Gasteiger partial charge < -0.3 is 0 Å². The lowest BCUT2D eigenvalue weighted by molar-refractivity contribution is -0.110. The Balaban J connectivity index is 2.99. The number of ketones is 1. The van der Waals surface area contributed by atoms with E-state index in [4.69, 9.17) is 0 Å². The van der Waals surface area contributed by atoms with Gasteiger partial charge in [-0.1, -0.05) is 5.18 Å². The first-order valence-corrected chi connectivity index (χ1v) is 3.38. The van der Waals surface area contributed by atoms with Crippen LogP contribution in [-0.4, -0.2) is 11.8 Å². The van der Waals surface area contributed by atoms with Crippen LogP contribution in [0.3, 0.4) is 0 Å². The van der Waals surface area contributed by atoms with Crippen molar-refractivity contribution in [2.24, 2.45) is 5.18 Å². The monoisotopic (exact) mass is 151 g/mol. The van der Waals surface area contributed by atoms with Crippen LogP contribution in [0, 0.1) is 4.91 Å². The van der Waals surface area contributed by atoms with E-state index in [1.165, 1.54) is 12.2 Å². The molecule has 3 heteroatoms. The highest BCUT2D eigenvalue weighted by molar-refractivity contribution is 6.01. The molecule has 1 aliphatic carbocycles. The van der Waals surface area contributed by atoms with Gasteiger partial charge in [-0.05, 0) is 37.1 Å². The van der Waals surface area contributed by atoms with Crippen LogP contribution < -0.4 is 0 Å². The van der Waals surface area contributed by atoms with E-state index >= 15 is 0 Å². The number of nitrogens with zero attached hydrogens (tertiary/aromatic N) is 1. The van der Waals surface area contributed by atoms with Gasteiger partial charge in [0.05, 0.1) is 0 Å². The quantitative estimate of drug-likeness (QED) is 0.534. The second kappa shape index (κ2) is 2.78. The lowest BCUT2D eigenvalue weighted by Crippen LogP contribution is -2.14. The Morgan fingerprint density at radius 2 is 1.73 bits per heavy atom. The van der Waals surface area contributed by atoms with Crippen molar-refractivity contribution < 1.29 is 4.79 Å². The van der Waals surface area contributed by atoms with Crippen LogP contribution in [0.1, 0.15) is 13.8 Å². The van der Waals surface area contributed by atoms with E-state index in [2.05, 4.69) is 5.18 Å². The highest BCUT2D eigenvalue weighted by atomic mass is 16.3. The number of hydrogen-bond acceptors (Lipinski definition) is 3. The maximum Gasteiger partial charge on any atom is 0.178 e. The van der Waals surface area contributed by atoms with E-state index in [1.54, 1.807) is 13.8 Å². The summed E-state index contributed by atoms with van der Waals surface area (Å²) in [6, 6.07) is -0.423. The summed E-state index contributed by atoms with van der Waals surface area (Å²) in [5.74, 6) is -0.0556. The minimum absolute atomic E-state index is 0.0556. The summed E-state index contributed by atoms with van der Waals surface area (Å²) in [6.07, 6.45) is 2.89. The maximum atomic E-state index is 10.8. The van der Waals surface area contributed by atoms with Crippen molar-refractivity contribution in [2.45, 2.75) is 19.9 Å². The number of hydrogen-bond donors (Lipinski definition) is 0. The van der Waals surface area contributed by atoms with Gasteiger partial charge in [-0.2, -0.15) is 0 Å². The van der Waals surface area contributed by atoms with Gasteiger partial charge >= 0.3 is 0 Å². The van der Waals surface area contributed by atoms with Gasteiger partial charge in [0.25, 0.3) is 0 Å². The van der Waals surface area contributed by atoms with Crippen molar-refractivity contribution >= 4 is 5.78 Å². The summed E-state index contributed by atoms with van der Waals surface area (Å²) < 4.78 is 0. The van der Waals surface area contributed by atoms with Crippen molar-refractivity contribution in [3.8, 4) is 0 Å². The van der Waals surface area contributed by atoms with E-state index in [9.17, 15) is 9.70 Å². The van der Waals surface area contributed by atoms with Gasteiger partial charge in [0, 0.05) is 0 Å². The summed E-state index contributed by atoms with van der Waals surface area (Å²) in [5.41, 5.74) is 1.45. The first kappa shape index (κ1) is 7.85. The molecule has 0 bridgehead atoms. The van der Waals surface area contributed by atoms with Crippen LogP contribution in [0.5, 0.6) is 0 Å². The highest BCUT2D eigenvalue weighted by Crippen LogP contribution is 2.19. The Morgan fingerprint density at radius 3 is 2.09 bits per heavy atom. The molecule has 11 heavy (non-hydrogen) atoms. The SMILES string of the molecule is CC1=CC(=O)C=C(C)C1N=O. The molecule has 0 N–H and O–H groups in total. The van der Waals surface area contributed by atoms with Gasteiger partial charge in [-0.25, -0.2) is 0 Å². The number of rotatable bonds is 1. The molecule has 0 amide bonds. The summed E-state index contributed by atoms with van der Waals surface area (Å²) in [4.78, 5) is 21.1. The largest absolute Gasteiger partial charge is 0.290 e. The Kier molecular flexibility index (Phi) is 1.98. The van der Waals surface area contributed by atoms with Crippen LogP contribution in [0.2, 0.25) is 0 Å². The molecule has 1 aliphatic rings. The molecule has 58 valence electrons. The summed E-state index contributed by atoms with van der Waals surface area (Å²) in [7, 11) is 0. The molecule has 0 fully saturated rings. The molecule has 0 aromatic rings. The minimum atomic E-state index is -0.423. The normalized spacial score (nSPS) is 19.3. The van der Waals surface area contributed by atoms with Gasteiger partial charge in [0.1, 0.15) is 6.04 Å². The van der Waals surface area contributed by atoms with Gasteiger partial charge in [0.2, 0.25) is 0 Å². The molecular formula is C8H9NO2. The molecule has 0 unspecified atom stereocenters. The summed E-state index contributed by atoms with van der Waals surface area (Å²) >= 11 is 0.